The first-order valence-electron chi connectivity index (χ1n) is 7.09. The van der Waals surface area contributed by atoms with Crippen molar-refractivity contribution < 1.29 is 9.53 Å². The minimum atomic E-state index is -0.666. The van der Waals surface area contributed by atoms with E-state index in [0.717, 1.165) is 38.8 Å². The number of rotatable bonds is 2. The Hall–Kier alpha value is -0.610. The Morgan fingerprint density at radius 1 is 1.39 bits per heavy atom. The summed E-state index contributed by atoms with van der Waals surface area (Å²) in [5.74, 6) is 0.131. The predicted molar refractivity (Wildman–Crippen MR) is 71.5 cm³/mol. The molecular weight excluding hydrogens is 228 g/mol. The monoisotopic (exact) mass is 254 g/mol. The maximum Gasteiger partial charge on any atom is 0.254 e. The van der Waals surface area contributed by atoms with E-state index in [1.165, 1.54) is 0 Å². The summed E-state index contributed by atoms with van der Waals surface area (Å²) in [7, 11) is 2.02. The molecule has 104 valence electrons. The second-order valence-electron chi connectivity index (χ2n) is 6.18. The lowest BCUT2D eigenvalue weighted by atomic mass is 9.79. The van der Waals surface area contributed by atoms with Gasteiger partial charge in [-0.1, -0.05) is 0 Å². The second kappa shape index (κ2) is 4.82. The van der Waals surface area contributed by atoms with Crippen molar-refractivity contribution >= 4 is 5.91 Å². The maximum atomic E-state index is 12.2. The zero-order valence-corrected chi connectivity index (χ0v) is 12.1. The van der Waals surface area contributed by atoms with Gasteiger partial charge in [0.15, 0.2) is 0 Å². The van der Waals surface area contributed by atoms with Gasteiger partial charge in [-0.05, 0) is 53.5 Å². The van der Waals surface area contributed by atoms with Crippen molar-refractivity contribution in [3.05, 3.63) is 0 Å². The van der Waals surface area contributed by atoms with Gasteiger partial charge in [0.25, 0.3) is 5.91 Å². The van der Waals surface area contributed by atoms with Gasteiger partial charge in [0.2, 0.25) is 0 Å². The van der Waals surface area contributed by atoms with E-state index in [0.29, 0.717) is 6.04 Å². The van der Waals surface area contributed by atoms with E-state index < -0.39 is 5.60 Å². The highest BCUT2D eigenvalue weighted by Crippen LogP contribution is 2.39. The van der Waals surface area contributed by atoms with Crippen LogP contribution in [0.2, 0.25) is 0 Å². The molecule has 4 nitrogen and oxygen atoms in total. The topological polar surface area (TPSA) is 41.6 Å². The fourth-order valence-corrected chi connectivity index (χ4v) is 3.37. The first kappa shape index (κ1) is 13.8. The van der Waals surface area contributed by atoms with Crippen LogP contribution in [0.25, 0.3) is 0 Å². The van der Waals surface area contributed by atoms with Crippen molar-refractivity contribution in [2.45, 2.75) is 63.7 Å². The van der Waals surface area contributed by atoms with Crippen LogP contribution < -0.4 is 5.32 Å². The van der Waals surface area contributed by atoms with Crippen molar-refractivity contribution in [3.63, 3.8) is 0 Å². The summed E-state index contributed by atoms with van der Waals surface area (Å²) >= 11 is 0. The average molecular weight is 254 g/mol. The summed E-state index contributed by atoms with van der Waals surface area (Å²) in [6.45, 7) is 7.41. The molecule has 1 heterocycles. The molecule has 1 saturated heterocycles. The summed E-state index contributed by atoms with van der Waals surface area (Å²) in [6.07, 6.45) is 4.37. The molecule has 0 unspecified atom stereocenters. The van der Waals surface area contributed by atoms with Gasteiger partial charge in [0.05, 0.1) is 5.60 Å². The SMILES string of the molecule is CCN1CC2(CCC(NC)CC2)OC(C)(C)C1=O. The largest absolute Gasteiger partial charge is 0.357 e. The first-order chi connectivity index (χ1) is 8.42. The maximum absolute atomic E-state index is 12.2. The molecule has 18 heavy (non-hydrogen) atoms. The predicted octanol–water partition coefficient (Wildman–Crippen LogP) is 1.54. The minimum absolute atomic E-state index is 0.110. The summed E-state index contributed by atoms with van der Waals surface area (Å²) in [5.41, 5.74) is -0.776. The molecule has 2 aliphatic rings. The highest BCUT2D eigenvalue weighted by atomic mass is 16.5. The standard InChI is InChI=1S/C14H26N2O2/c1-5-16-10-14(18-13(2,3)12(16)17)8-6-11(15-4)7-9-14/h11,15H,5-10H2,1-4H3. The Morgan fingerprint density at radius 2 is 2.00 bits per heavy atom. The third kappa shape index (κ3) is 2.41. The number of carbonyl (C=O) groups is 1. The fourth-order valence-electron chi connectivity index (χ4n) is 3.37. The molecule has 1 aliphatic heterocycles. The first-order valence-corrected chi connectivity index (χ1v) is 7.09. The minimum Gasteiger partial charge on any atom is -0.357 e. The lowest BCUT2D eigenvalue weighted by Crippen LogP contribution is -2.64. The van der Waals surface area contributed by atoms with Crippen LogP contribution in [0, 0.1) is 0 Å². The van der Waals surface area contributed by atoms with Crippen LogP contribution in [-0.4, -0.2) is 48.2 Å². The van der Waals surface area contributed by atoms with E-state index in [9.17, 15) is 4.79 Å². The lowest BCUT2D eigenvalue weighted by Gasteiger charge is -2.51. The van der Waals surface area contributed by atoms with Gasteiger partial charge in [0, 0.05) is 19.1 Å². The Bertz CT molecular complexity index is 320. The van der Waals surface area contributed by atoms with Crippen molar-refractivity contribution in [3.8, 4) is 0 Å². The molecular formula is C14H26N2O2. The smallest absolute Gasteiger partial charge is 0.254 e. The third-order valence-corrected chi connectivity index (χ3v) is 4.44. The Labute approximate surface area is 110 Å². The van der Waals surface area contributed by atoms with Crippen LogP contribution >= 0.6 is 0 Å². The van der Waals surface area contributed by atoms with Gasteiger partial charge in [-0.3, -0.25) is 4.79 Å². The molecule has 1 amide bonds. The third-order valence-electron chi connectivity index (χ3n) is 4.44. The van der Waals surface area contributed by atoms with Crippen molar-refractivity contribution in [2.24, 2.45) is 0 Å². The van der Waals surface area contributed by atoms with E-state index in [1.807, 2.05) is 32.7 Å². The molecule has 0 radical (unpaired) electrons. The number of nitrogens with one attached hydrogen (secondary N) is 1. The molecule has 1 N–H and O–H groups in total. The van der Waals surface area contributed by atoms with Gasteiger partial charge in [-0.25, -0.2) is 0 Å². The summed E-state index contributed by atoms with van der Waals surface area (Å²) < 4.78 is 6.22. The number of carbonyl (C=O) groups excluding carboxylic acids is 1. The highest BCUT2D eigenvalue weighted by molar-refractivity contribution is 5.85. The van der Waals surface area contributed by atoms with Crippen LogP contribution in [0.3, 0.4) is 0 Å². The van der Waals surface area contributed by atoms with Gasteiger partial charge >= 0.3 is 0 Å². The second-order valence-corrected chi connectivity index (χ2v) is 6.18. The van der Waals surface area contributed by atoms with E-state index in [4.69, 9.17) is 4.74 Å². The Kier molecular flexibility index (Phi) is 3.70. The molecule has 0 aromatic carbocycles. The molecule has 1 saturated carbocycles. The summed E-state index contributed by atoms with van der Waals surface area (Å²) in [6, 6.07) is 0.607. The zero-order chi connectivity index (χ0) is 13.4. The molecule has 1 spiro atoms. The molecule has 0 aromatic rings. The van der Waals surface area contributed by atoms with Gasteiger partial charge in [0.1, 0.15) is 5.60 Å². The molecule has 0 aromatic heterocycles. The molecule has 4 heteroatoms. The number of amides is 1. The molecule has 2 fully saturated rings. The average Bonchev–Trinajstić information content (AvgIpc) is 2.34. The quantitative estimate of drug-likeness (QED) is 0.813. The zero-order valence-electron chi connectivity index (χ0n) is 12.1. The number of ether oxygens (including phenoxy) is 1. The van der Waals surface area contributed by atoms with Crippen molar-refractivity contribution in [1.29, 1.82) is 0 Å². The molecule has 2 rings (SSSR count). The molecule has 0 atom stereocenters. The van der Waals surface area contributed by atoms with Crippen LogP contribution in [-0.2, 0) is 9.53 Å². The normalized spacial score (nSPS) is 36.1. The number of hydrogen-bond donors (Lipinski definition) is 1. The molecule has 1 aliphatic carbocycles. The summed E-state index contributed by atoms with van der Waals surface area (Å²) in [4.78, 5) is 14.2. The van der Waals surface area contributed by atoms with E-state index in [-0.39, 0.29) is 11.5 Å². The van der Waals surface area contributed by atoms with Gasteiger partial charge in [-0.15, -0.1) is 0 Å². The molecule has 0 bridgehead atoms. The number of morpholine rings is 1. The highest BCUT2D eigenvalue weighted by Gasteiger charge is 2.50. The summed E-state index contributed by atoms with van der Waals surface area (Å²) in [5, 5.41) is 3.34. The van der Waals surface area contributed by atoms with E-state index >= 15 is 0 Å². The van der Waals surface area contributed by atoms with Crippen molar-refractivity contribution in [2.75, 3.05) is 20.1 Å². The number of likely N-dealkylation sites (N-methyl/N-ethyl adjacent to an activating group) is 1. The Morgan fingerprint density at radius 3 is 2.50 bits per heavy atom. The van der Waals surface area contributed by atoms with Crippen LogP contribution in [0.5, 0.6) is 0 Å². The Balaban J connectivity index is 2.12. The fraction of sp³-hybridized carbons (Fsp3) is 0.929. The van der Waals surface area contributed by atoms with E-state index in [1.54, 1.807) is 0 Å². The van der Waals surface area contributed by atoms with E-state index in [2.05, 4.69) is 5.32 Å². The number of hydrogen-bond acceptors (Lipinski definition) is 3. The van der Waals surface area contributed by atoms with Gasteiger partial charge < -0.3 is 15.0 Å². The van der Waals surface area contributed by atoms with Crippen LogP contribution in [0.4, 0.5) is 0 Å². The lowest BCUT2D eigenvalue weighted by molar-refractivity contribution is -0.214. The van der Waals surface area contributed by atoms with Gasteiger partial charge in [-0.2, -0.15) is 0 Å². The van der Waals surface area contributed by atoms with Crippen LogP contribution in [0.15, 0.2) is 0 Å². The van der Waals surface area contributed by atoms with Crippen LogP contribution in [0.1, 0.15) is 46.5 Å². The number of nitrogens with zero attached hydrogens (tertiary/aromatic N) is 1. The van der Waals surface area contributed by atoms with Crippen molar-refractivity contribution in [1.82, 2.24) is 10.2 Å².